The molecule has 3 heteroatoms. The third-order valence-corrected chi connectivity index (χ3v) is 4.17. The summed E-state index contributed by atoms with van der Waals surface area (Å²) in [5, 5.41) is 0. The van der Waals surface area contributed by atoms with Crippen molar-refractivity contribution in [2.75, 3.05) is 0 Å². The molecular weight excluding hydrogens is 180 g/mol. The number of Topliss-reactive ketones (excluding diaryl/α,β-unsaturated/α-hetero) is 2. The summed E-state index contributed by atoms with van der Waals surface area (Å²) in [6.45, 7) is 0. The zero-order chi connectivity index (χ0) is 9.45. The van der Waals surface area contributed by atoms with E-state index in [1.807, 2.05) is 0 Å². The van der Waals surface area contributed by atoms with Crippen molar-refractivity contribution in [1.29, 1.82) is 0 Å². The number of carbonyl (C=O) groups is 2. The third-order valence-electron chi connectivity index (χ3n) is 4.17. The lowest BCUT2D eigenvalue weighted by molar-refractivity contribution is -0.135. The highest BCUT2D eigenvalue weighted by molar-refractivity contribution is 6.06. The second-order valence-corrected chi connectivity index (χ2v) is 4.78. The zero-order valence-corrected chi connectivity index (χ0v) is 7.55. The fourth-order valence-corrected chi connectivity index (χ4v) is 3.52. The molecule has 0 spiro atoms. The maximum Gasteiger partial charge on any atom is 0.169 e. The number of fused-ring (bicyclic) bond motifs is 6. The summed E-state index contributed by atoms with van der Waals surface area (Å²) in [7, 11) is 0. The molecule has 0 unspecified atom stereocenters. The monoisotopic (exact) mass is 190 g/mol. The highest BCUT2D eigenvalue weighted by atomic mass is 16.6. The molecule has 4 rings (SSSR count). The van der Waals surface area contributed by atoms with Crippen molar-refractivity contribution in [1.82, 2.24) is 0 Å². The molecule has 0 aromatic carbocycles. The molecule has 1 heterocycles. The first-order valence-corrected chi connectivity index (χ1v) is 5.18. The molecule has 0 radical (unpaired) electrons. The van der Waals surface area contributed by atoms with E-state index in [1.165, 1.54) is 0 Å². The Hall–Kier alpha value is -0.960. The quantitative estimate of drug-likeness (QED) is 0.409. The number of epoxide rings is 1. The van der Waals surface area contributed by atoms with Gasteiger partial charge in [0.15, 0.2) is 23.8 Å². The Labute approximate surface area is 81.1 Å². The molecule has 2 saturated carbocycles. The number of carbonyl (C=O) groups excluding carboxylic acids is 2. The summed E-state index contributed by atoms with van der Waals surface area (Å²) in [4.78, 5) is 23.7. The van der Waals surface area contributed by atoms with Gasteiger partial charge in [-0.2, -0.15) is 0 Å². The van der Waals surface area contributed by atoms with Gasteiger partial charge < -0.3 is 4.74 Å². The number of ketones is 2. The van der Waals surface area contributed by atoms with Crippen LogP contribution in [0.25, 0.3) is 0 Å². The van der Waals surface area contributed by atoms with E-state index >= 15 is 0 Å². The molecule has 2 bridgehead atoms. The minimum atomic E-state index is -0.364. The van der Waals surface area contributed by atoms with E-state index in [9.17, 15) is 9.59 Å². The van der Waals surface area contributed by atoms with E-state index in [0.29, 0.717) is 11.8 Å². The topological polar surface area (TPSA) is 46.7 Å². The molecule has 14 heavy (non-hydrogen) atoms. The van der Waals surface area contributed by atoms with Crippen LogP contribution in [-0.4, -0.2) is 23.8 Å². The van der Waals surface area contributed by atoms with Crippen LogP contribution < -0.4 is 0 Å². The van der Waals surface area contributed by atoms with Gasteiger partial charge in [-0.25, -0.2) is 0 Å². The fraction of sp³-hybridized carbons (Fsp3) is 0.636. The zero-order valence-electron chi connectivity index (χ0n) is 7.55. The molecular formula is C11H10O3. The van der Waals surface area contributed by atoms with Crippen LogP contribution in [0.2, 0.25) is 0 Å². The summed E-state index contributed by atoms with van der Waals surface area (Å²) in [5.41, 5.74) is 0. The van der Waals surface area contributed by atoms with Crippen molar-refractivity contribution in [3.05, 3.63) is 12.2 Å². The van der Waals surface area contributed by atoms with E-state index in [4.69, 9.17) is 4.74 Å². The first-order valence-electron chi connectivity index (χ1n) is 5.18. The lowest BCUT2D eigenvalue weighted by atomic mass is 9.72. The van der Waals surface area contributed by atoms with Gasteiger partial charge in [-0.05, 0) is 18.3 Å². The van der Waals surface area contributed by atoms with Crippen LogP contribution in [0.3, 0.4) is 0 Å². The van der Waals surface area contributed by atoms with Gasteiger partial charge in [-0.1, -0.05) is 12.2 Å². The van der Waals surface area contributed by atoms with Crippen LogP contribution in [0, 0.1) is 23.7 Å². The molecule has 0 aromatic heterocycles. The third kappa shape index (κ3) is 0.630. The Kier molecular flexibility index (Phi) is 1.05. The van der Waals surface area contributed by atoms with Crippen LogP contribution >= 0.6 is 0 Å². The van der Waals surface area contributed by atoms with Crippen molar-refractivity contribution in [2.45, 2.75) is 18.6 Å². The summed E-state index contributed by atoms with van der Waals surface area (Å²) in [6, 6.07) is 0. The van der Waals surface area contributed by atoms with Gasteiger partial charge in [0.05, 0.1) is 0 Å². The van der Waals surface area contributed by atoms with Crippen LogP contribution in [0.5, 0.6) is 0 Å². The average Bonchev–Trinajstić information content (AvgIpc) is 2.74. The van der Waals surface area contributed by atoms with Gasteiger partial charge in [0.25, 0.3) is 0 Å². The highest BCUT2D eigenvalue weighted by Crippen LogP contribution is 2.54. The molecule has 3 fully saturated rings. The molecule has 4 aliphatic rings. The molecule has 1 saturated heterocycles. The number of rotatable bonds is 0. The SMILES string of the molecule is O=C1[C@H]2[C@H](C(=O)[C@@H]3O[C@@H]13)[C@H]1C=C[C@@H]2C1. The molecule has 6 atom stereocenters. The van der Waals surface area contributed by atoms with Gasteiger partial charge >= 0.3 is 0 Å². The predicted molar refractivity (Wildman–Crippen MR) is 46.4 cm³/mol. The number of allylic oxidation sites excluding steroid dienone is 2. The van der Waals surface area contributed by atoms with E-state index in [-0.39, 0.29) is 35.6 Å². The second kappa shape index (κ2) is 2.01. The summed E-state index contributed by atoms with van der Waals surface area (Å²) in [5.74, 6) is 0.952. The summed E-state index contributed by atoms with van der Waals surface area (Å²) < 4.78 is 5.14. The van der Waals surface area contributed by atoms with Gasteiger partial charge in [-0.15, -0.1) is 0 Å². The van der Waals surface area contributed by atoms with Crippen LogP contribution in [0.15, 0.2) is 12.2 Å². The van der Waals surface area contributed by atoms with Gasteiger partial charge in [-0.3, -0.25) is 9.59 Å². The average molecular weight is 190 g/mol. The minimum Gasteiger partial charge on any atom is -0.353 e. The van der Waals surface area contributed by atoms with E-state index in [2.05, 4.69) is 12.2 Å². The first-order chi connectivity index (χ1) is 6.77. The van der Waals surface area contributed by atoms with Gasteiger partial charge in [0.2, 0.25) is 0 Å². The van der Waals surface area contributed by atoms with Crippen molar-refractivity contribution in [2.24, 2.45) is 23.7 Å². The van der Waals surface area contributed by atoms with Gasteiger partial charge in [0, 0.05) is 11.8 Å². The van der Waals surface area contributed by atoms with E-state index in [1.54, 1.807) is 0 Å². The number of ether oxygens (including phenoxy) is 1. The lowest BCUT2D eigenvalue weighted by Gasteiger charge is -2.27. The Morgan fingerprint density at radius 1 is 1.00 bits per heavy atom. The molecule has 0 amide bonds. The van der Waals surface area contributed by atoms with Crippen molar-refractivity contribution < 1.29 is 14.3 Å². The number of hydrogen-bond donors (Lipinski definition) is 0. The Morgan fingerprint density at radius 3 is 2.00 bits per heavy atom. The highest BCUT2D eigenvalue weighted by Gasteiger charge is 2.66. The van der Waals surface area contributed by atoms with Crippen LogP contribution in [-0.2, 0) is 14.3 Å². The molecule has 72 valence electrons. The molecule has 0 aromatic rings. The molecule has 1 aliphatic heterocycles. The number of hydrogen-bond acceptors (Lipinski definition) is 3. The van der Waals surface area contributed by atoms with Crippen molar-refractivity contribution >= 4 is 11.6 Å². The molecule has 3 nitrogen and oxygen atoms in total. The summed E-state index contributed by atoms with van der Waals surface area (Å²) >= 11 is 0. The van der Waals surface area contributed by atoms with E-state index in [0.717, 1.165) is 6.42 Å². The van der Waals surface area contributed by atoms with Crippen molar-refractivity contribution in [3.8, 4) is 0 Å². The Bertz CT molecular complexity index is 350. The normalized spacial score (nSPS) is 57.4. The lowest BCUT2D eigenvalue weighted by Crippen LogP contribution is -2.43. The maximum absolute atomic E-state index is 11.9. The predicted octanol–water partition coefficient (Wildman–Crippen LogP) is 0.344. The van der Waals surface area contributed by atoms with Gasteiger partial charge in [0.1, 0.15) is 0 Å². The summed E-state index contributed by atoms with van der Waals surface area (Å²) in [6.07, 6.45) is 4.50. The fourth-order valence-electron chi connectivity index (χ4n) is 3.52. The minimum absolute atomic E-state index is 0.0405. The molecule has 0 N–H and O–H groups in total. The standard InChI is InChI=1S/C11H10O3/c12-8-6-4-1-2-5(3-4)7(6)9(13)11-10(8)14-11/h1-2,4-7,10-11H,3H2/t4-,5+,6-,7-,10+,11+/m1/s1. The Balaban J connectivity index is 1.84. The van der Waals surface area contributed by atoms with Crippen molar-refractivity contribution in [3.63, 3.8) is 0 Å². The van der Waals surface area contributed by atoms with Crippen LogP contribution in [0.1, 0.15) is 6.42 Å². The van der Waals surface area contributed by atoms with E-state index < -0.39 is 0 Å². The Morgan fingerprint density at radius 2 is 1.50 bits per heavy atom. The van der Waals surface area contributed by atoms with Crippen LogP contribution in [0.4, 0.5) is 0 Å². The second-order valence-electron chi connectivity index (χ2n) is 4.78. The first kappa shape index (κ1) is 7.35. The molecule has 3 aliphatic carbocycles. The largest absolute Gasteiger partial charge is 0.353 e. The maximum atomic E-state index is 11.9. The smallest absolute Gasteiger partial charge is 0.169 e.